The molecule has 0 aromatic carbocycles. The molecular weight excluding hydrogens is 386 g/mol. The highest BCUT2D eigenvalue weighted by atomic mass is 32.2. The molecule has 1 aliphatic carbocycles. The number of ether oxygens (including phenoxy) is 1. The van der Waals surface area contributed by atoms with Gasteiger partial charge in [0.1, 0.15) is 5.82 Å². The van der Waals surface area contributed by atoms with Crippen molar-refractivity contribution in [1.29, 1.82) is 4.78 Å². The van der Waals surface area contributed by atoms with Crippen LogP contribution in [0.3, 0.4) is 0 Å². The molecule has 2 aromatic rings. The Balaban J connectivity index is 1.67. The summed E-state index contributed by atoms with van der Waals surface area (Å²) in [4.78, 5) is 16.4. The molecule has 2 saturated heterocycles. The van der Waals surface area contributed by atoms with Crippen LogP contribution in [0.25, 0.3) is 17.5 Å². The number of nitrogens with one attached hydrogen (secondary N) is 1. The Hall–Kier alpha value is -2.32. The summed E-state index contributed by atoms with van der Waals surface area (Å²) in [5.74, 6) is 1.88. The van der Waals surface area contributed by atoms with Gasteiger partial charge in [-0.2, -0.15) is 0 Å². The van der Waals surface area contributed by atoms with E-state index in [9.17, 15) is 4.21 Å². The summed E-state index contributed by atoms with van der Waals surface area (Å²) in [5.41, 5.74) is 3.90. The third-order valence-electron chi connectivity index (χ3n) is 6.03. The van der Waals surface area contributed by atoms with E-state index in [1.807, 2.05) is 18.5 Å². The third-order valence-corrected chi connectivity index (χ3v) is 8.32. The Morgan fingerprint density at radius 1 is 1.31 bits per heavy atom. The summed E-state index contributed by atoms with van der Waals surface area (Å²) in [6, 6.07) is 2.14. The molecule has 1 N–H and O–H groups in total. The Morgan fingerprint density at radius 2 is 2.21 bits per heavy atom. The lowest BCUT2D eigenvalue weighted by Gasteiger charge is -2.34. The zero-order valence-electron chi connectivity index (χ0n) is 16.5. The van der Waals surface area contributed by atoms with Crippen molar-refractivity contribution in [3.63, 3.8) is 0 Å². The van der Waals surface area contributed by atoms with Crippen molar-refractivity contribution < 1.29 is 8.95 Å². The number of pyridine rings is 1. The molecule has 152 valence electrons. The van der Waals surface area contributed by atoms with E-state index in [4.69, 9.17) is 19.5 Å². The van der Waals surface area contributed by atoms with Crippen molar-refractivity contribution in [2.24, 2.45) is 0 Å². The van der Waals surface area contributed by atoms with E-state index < -0.39 is 9.73 Å². The maximum atomic E-state index is 12.9. The van der Waals surface area contributed by atoms with Crippen molar-refractivity contribution in [3.8, 4) is 11.4 Å². The lowest BCUT2D eigenvalue weighted by Crippen LogP contribution is -2.44. The molecule has 0 spiro atoms. The average Bonchev–Trinajstić information content (AvgIpc) is 3.33. The van der Waals surface area contributed by atoms with Crippen LogP contribution in [-0.4, -0.2) is 50.7 Å². The van der Waals surface area contributed by atoms with Crippen LogP contribution in [0, 0.1) is 4.78 Å². The van der Waals surface area contributed by atoms with Crippen LogP contribution in [0.4, 0.5) is 5.82 Å². The number of aromatic nitrogens is 3. The normalized spacial score (nSPS) is 28.7. The molecule has 2 aliphatic heterocycles. The second-order valence-electron chi connectivity index (χ2n) is 8.02. The van der Waals surface area contributed by atoms with Gasteiger partial charge in [-0.1, -0.05) is 12.2 Å². The summed E-state index contributed by atoms with van der Waals surface area (Å²) in [6.07, 6.45) is 10.3. The van der Waals surface area contributed by atoms with Gasteiger partial charge in [0.15, 0.2) is 5.82 Å². The van der Waals surface area contributed by atoms with E-state index in [2.05, 4.69) is 29.0 Å². The van der Waals surface area contributed by atoms with Gasteiger partial charge in [-0.25, -0.2) is 14.2 Å². The van der Waals surface area contributed by atoms with Crippen LogP contribution in [-0.2, 0) is 20.9 Å². The van der Waals surface area contributed by atoms with Crippen molar-refractivity contribution in [2.45, 2.75) is 37.5 Å². The summed E-state index contributed by atoms with van der Waals surface area (Å²) < 4.78 is 26.8. The molecule has 2 unspecified atom stereocenters. The second kappa shape index (κ2) is 7.18. The van der Waals surface area contributed by atoms with Gasteiger partial charge in [0.25, 0.3) is 0 Å². The minimum Gasteiger partial charge on any atom is -0.377 e. The Bertz CT molecular complexity index is 1080. The number of anilines is 1. The van der Waals surface area contributed by atoms with Crippen molar-refractivity contribution >= 4 is 21.6 Å². The molecule has 29 heavy (non-hydrogen) atoms. The predicted molar refractivity (Wildman–Crippen MR) is 113 cm³/mol. The van der Waals surface area contributed by atoms with Crippen molar-refractivity contribution in [2.75, 3.05) is 30.4 Å². The highest BCUT2D eigenvalue weighted by Gasteiger charge is 2.33. The van der Waals surface area contributed by atoms with Crippen molar-refractivity contribution in [3.05, 3.63) is 41.4 Å². The largest absolute Gasteiger partial charge is 0.377 e. The lowest BCUT2D eigenvalue weighted by molar-refractivity contribution is 0.0985. The van der Waals surface area contributed by atoms with Crippen LogP contribution < -0.4 is 4.90 Å². The Kier molecular flexibility index (Phi) is 4.63. The summed E-state index contributed by atoms with van der Waals surface area (Å²) in [6.45, 7) is 4.18. The number of fused-ring (bicyclic) bond motifs is 1. The summed E-state index contributed by atoms with van der Waals surface area (Å²) in [5, 5.41) is -0.334. The fraction of sp³-hybridized carbons (Fsp3) is 0.476. The van der Waals surface area contributed by atoms with Crippen LogP contribution >= 0.6 is 0 Å². The molecule has 2 fully saturated rings. The van der Waals surface area contributed by atoms with E-state index in [1.54, 1.807) is 0 Å². The van der Waals surface area contributed by atoms with Gasteiger partial charge in [-0.15, -0.1) is 0 Å². The Labute approximate surface area is 171 Å². The molecule has 2 aromatic heterocycles. The fourth-order valence-corrected chi connectivity index (χ4v) is 6.40. The zero-order chi connectivity index (χ0) is 20.0. The maximum absolute atomic E-state index is 12.9. The summed E-state index contributed by atoms with van der Waals surface area (Å²) in [7, 11) is -2.67. The van der Waals surface area contributed by atoms with E-state index in [0.29, 0.717) is 24.8 Å². The molecule has 5 rings (SSSR count). The number of rotatable bonds is 3. The smallest absolute Gasteiger partial charge is 0.163 e. The molecule has 7 nitrogen and oxygen atoms in total. The van der Waals surface area contributed by atoms with Gasteiger partial charge >= 0.3 is 0 Å². The van der Waals surface area contributed by atoms with Gasteiger partial charge in [-0.3, -0.25) is 9.76 Å². The molecule has 8 heteroatoms. The minimum atomic E-state index is -2.67. The maximum Gasteiger partial charge on any atom is 0.163 e. The molecule has 0 saturated carbocycles. The molecule has 0 radical (unpaired) electrons. The van der Waals surface area contributed by atoms with E-state index in [0.717, 1.165) is 48.4 Å². The SMILES string of the molecule is C[C@@H]1COCCN1c1cc(C2CCCS2(=N)=O)nc(-c2cncc3c2C=CC3)n1. The molecule has 0 bridgehead atoms. The first-order valence-electron chi connectivity index (χ1n) is 10.2. The highest BCUT2D eigenvalue weighted by Crippen LogP contribution is 2.37. The average molecular weight is 412 g/mol. The molecule has 4 heterocycles. The summed E-state index contributed by atoms with van der Waals surface area (Å²) >= 11 is 0. The molecule has 3 atom stereocenters. The quantitative estimate of drug-likeness (QED) is 0.834. The van der Waals surface area contributed by atoms with Crippen LogP contribution in [0.15, 0.2) is 24.5 Å². The van der Waals surface area contributed by atoms with Gasteiger partial charge in [0.2, 0.25) is 0 Å². The topological polar surface area (TPSA) is 92.1 Å². The monoisotopic (exact) mass is 411 g/mol. The number of nitrogens with zero attached hydrogens (tertiary/aromatic N) is 4. The zero-order valence-corrected chi connectivity index (χ0v) is 17.3. The predicted octanol–water partition coefficient (Wildman–Crippen LogP) is 3.21. The van der Waals surface area contributed by atoms with Gasteiger partial charge in [-0.05, 0) is 37.3 Å². The van der Waals surface area contributed by atoms with E-state index in [1.165, 1.54) is 5.56 Å². The van der Waals surface area contributed by atoms with Gasteiger partial charge in [0, 0.05) is 36.3 Å². The van der Waals surface area contributed by atoms with Crippen LogP contribution in [0.1, 0.15) is 41.8 Å². The number of morpholine rings is 1. The first-order chi connectivity index (χ1) is 14.0. The van der Waals surface area contributed by atoms with Crippen LogP contribution in [0.5, 0.6) is 0 Å². The molecule has 0 amide bonds. The van der Waals surface area contributed by atoms with Crippen molar-refractivity contribution in [1.82, 2.24) is 15.0 Å². The standard InChI is InChI=1S/C21H25N5O2S/c1-14-13-28-8-7-26(14)20-10-18(19-6-3-9-29(19,22)27)24-21(25-20)17-12-23-11-15-4-2-5-16(15)17/h2,5,10-12,14,19,22H,3-4,6-9,13H2,1H3/t14-,19?,29?/m1/s1. The van der Waals surface area contributed by atoms with Gasteiger partial charge < -0.3 is 9.64 Å². The van der Waals surface area contributed by atoms with E-state index in [-0.39, 0.29) is 11.3 Å². The highest BCUT2D eigenvalue weighted by molar-refractivity contribution is 7.92. The second-order valence-corrected chi connectivity index (χ2v) is 10.4. The molecule has 3 aliphatic rings. The lowest BCUT2D eigenvalue weighted by atomic mass is 10.1. The van der Waals surface area contributed by atoms with Gasteiger partial charge in [0.05, 0.1) is 39.9 Å². The number of hydrogen-bond acceptors (Lipinski definition) is 7. The fourth-order valence-electron chi connectivity index (χ4n) is 4.47. The minimum absolute atomic E-state index is 0.197. The third kappa shape index (κ3) is 3.34. The Morgan fingerprint density at radius 3 is 3.00 bits per heavy atom. The van der Waals surface area contributed by atoms with E-state index >= 15 is 0 Å². The molecular formula is C21H25N5O2S. The first-order valence-corrected chi connectivity index (χ1v) is 11.9. The number of allylic oxidation sites excluding steroid dienone is 1. The first kappa shape index (κ1) is 18.7. The van der Waals surface area contributed by atoms with Crippen LogP contribution in [0.2, 0.25) is 0 Å². The number of hydrogen-bond donors (Lipinski definition) is 1.